The molecule has 2 amide bonds. The minimum Gasteiger partial charge on any atom is -0.480 e. The molecule has 2 rings (SSSR count). The van der Waals surface area contributed by atoms with E-state index in [-0.39, 0.29) is 11.8 Å². The van der Waals surface area contributed by atoms with Gasteiger partial charge in [-0.3, -0.25) is 9.59 Å². The van der Waals surface area contributed by atoms with Gasteiger partial charge in [0.15, 0.2) is 0 Å². The van der Waals surface area contributed by atoms with Crippen molar-refractivity contribution in [3.8, 4) is 0 Å². The molecule has 0 spiro atoms. The van der Waals surface area contributed by atoms with Crippen LogP contribution in [0.2, 0.25) is 0 Å². The molecule has 0 saturated carbocycles. The Kier molecular flexibility index (Phi) is 6.12. The number of carbonyl (C=O) groups excluding carboxylic acids is 2. The highest BCUT2D eigenvalue weighted by molar-refractivity contribution is 7.08. The van der Waals surface area contributed by atoms with Gasteiger partial charge in [0.05, 0.1) is 5.56 Å². The van der Waals surface area contributed by atoms with E-state index in [1.165, 1.54) is 16.2 Å². The van der Waals surface area contributed by atoms with Gasteiger partial charge in [-0.05, 0) is 43.7 Å². The number of thiophene rings is 1. The lowest BCUT2D eigenvalue weighted by Gasteiger charge is -2.27. The number of rotatable bonds is 7. The van der Waals surface area contributed by atoms with Gasteiger partial charge in [-0.2, -0.15) is 11.3 Å². The van der Waals surface area contributed by atoms with Gasteiger partial charge in [-0.25, -0.2) is 4.79 Å². The molecule has 8 heteroatoms. The largest absolute Gasteiger partial charge is 0.480 e. The van der Waals surface area contributed by atoms with Crippen LogP contribution in [0.5, 0.6) is 0 Å². The summed E-state index contributed by atoms with van der Waals surface area (Å²) in [6, 6.07) is 0.132. The van der Waals surface area contributed by atoms with Gasteiger partial charge in [-0.1, -0.05) is 0 Å². The van der Waals surface area contributed by atoms with E-state index in [1.54, 1.807) is 16.8 Å². The lowest BCUT2D eigenvalue weighted by Crippen LogP contribution is -2.51. The maximum Gasteiger partial charge on any atom is 0.326 e. The predicted octanol–water partition coefficient (Wildman–Crippen LogP) is 0.661. The zero-order chi connectivity index (χ0) is 16.8. The van der Waals surface area contributed by atoms with Gasteiger partial charge in [0.2, 0.25) is 5.91 Å². The van der Waals surface area contributed by atoms with Crippen molar-refractivity contribution in [3.05, 3.63) is 22.4 Å². The van der Waals surface area contributed by atoms with Gasteiger partial charge in [0, 0.05) is 11.9 Å². The van der Waals surface area contributed by atoms with Crippen LogP contribution < -0.4 is 11.1 Å². The summed E-state index contributed by atoms with van der Waals surface area (Å²) >= 11 is 1.40. The summed E-state index contributed by atoms with van der Waals surface area (Å²) in [5.41, 5.74) is 6.00. The highest BCUT2D eigenvalue weighted by Gasteiger charge is 2.37. The number of nitrogens with one attached hydrogen (secondary N) is 1. The monoisotopic (exact) mass is 339 g/mol. The number of hydrogen-bond acceptors (Lipinski definition) is 5. The zero-order valence-corrected chi connectivity index (χ0v) is 13.6. The topological polar surface area (TPSA) is 113 Å². The lowest BCUT2D eigenvalue weighted by molar-refractivity contribution is -0.149. The molecular weight excluding hydrogens is 318 g/mol. The van der Waals surface area contributed by atoms with E-state index in [2.05, 4.69) is 5.32 Å². The van der Waals surface area contributed by atoms with Gasteiger partial charge in [0.25, 0.3) is 5.91 Å². The second kappa shape index (κ2) is 8.07. The number of carboxylic acid groups (broad SMARTS) is 1. The molecule has 1 aliphatic rings. The van der Waals surface area contributed by atoms with Crippen LogP contribution >= 0.6 is 11.3 Å². The van der Waals surface area contributed by atoms with Crippen molar-refractivity contribution in [3.63, 3.8) is 0 Å². The van der Waals surface area contributed by atoms with E-state index >= 15 is 0 Å². The first kappa shape index (κ1) is 17.4. The molecule has 0 radical (unpaired) electrons. The first-order valence-corrected chi connectivity index (χ1v) is 8.55. The molecule has 1 aliphatic heterocycles. The number of likely N-dealkylation sites (tertiary alicyclic amines) is 1. The van der Waals surface area contributed by atoms with Crippen LogP contribution in [0, 0.1) is 0 Å². The number of nitrogens with two attached hydrogens (primary N) is 1. The van der Waals surface area contributed by atoms with Crippen LogP contribution in [0.25, 0.3) is 0 Å². The van der Waals surface area contributed by atoms with E-state index in [9.17, 15) is 19.5 Å². The smallest absolute Gasteiger partial charge is 0.326 e. The fourth-order valence-electron chi connectivity index (χ4n) is 2.70. The molecule has 4 N–H and O–H groups in total. The minimum atomic E-state index is -1.00. The Hall–Kier alpha value is -1.93. The molecule has 7 nitrogen and oxygen atoms in total. The van der Waals surface area contributed by atoms with Crippen LogP contribution in [-0.4, -0.2) is 53.0 Å². The number of carbonyl (C=O) groups is 3. The number of carboxylic acids is 1. The van der Waals surface area contributed by atoms with E-state index < -0.39 is 18.1 Å². The third kappa shape index (κ3) is 4.29. The van der Waals surface area contributed by atoms with Crippen molar-refractivity contribution in [1.29, 1.82) is 0 Å². The molecule has 2 atom stereocenters. The molecule has 0 bridgehead atoms. The average molecular weight is 339 g/mol. The third-order valence-corrected chi connectivity index (χ3v) is 4.59. The van der Waals surface area contributed by atoms with Crippen LogP contribution in [0.15, 0.2) is 16.8 Å². The SMILES string of the molecule is NCCC[C@H](NC(=O)c1ccsc1)C(=O)N1CCC[C@H]1C(=O)O. The van der Waals surface area contributed by atoms with Crippen molar-refractivity contribution >= 4 is 29.1 Å². The van der Waals surface area contributed by atoms with Crippen molar-refractivity contribution < 1.29 is 19.5 Å². The molecule has 0 unspecified atom stereocenters. The summed E-state index contributed by atoms with van der Waals surface area (Å²) in [6.45, 7) is 0.809. The Bertz CT molecular complexity index is 561. The van der Waals surface area contributed by atoms with Gasteiger partial charge in [0.1, 0.15) is 12.1 Å². The average Bonchev–Trinajstić information content (AvgIpc) is 3.21. The maximum atomic E-state index is 12.7. The molecule has 1 saturated heterocycles. The van der Waals surface area contributed by atoms with Crippen molar-refractivity contribution in [1.82, 2.24) is 10.2 Å². The molecule has 2 heterocycles. The number of amides is 2. The second-order valence-electron chi connectivity index (χ2n) is 5.50. The first-order chi connectivity index (χ1) is 11.0. The summed E-state index contributed by atoms with van der Waals surface area (Å²) in [5, 5.41) is 15.4. The van der Waals surface area contributed by atoms with Crippen LogP contribution in [0.3, 0.4) is 0 Å². The Morgan fingerprint density at radius 2 is 2.26 bits per heavy atom. The van der Waals surface area contributed by atoms with Crippen LogP contribution in [0.1, 0.15) is 36.0 Å². The first-order valence-electron chi connectivity index (χ1n) is 7.61. The normalized spacial score (nSPS) is 18.7. The zero-order valence-electron chi connectivity index (χ0n) is 12.7. The Labute approximate surface area is 138 Å². The van der Waals surface area contributed by atoms with Crippen molar-refractivity contribution in [2.45, 2.75) is 37.8 Å². The summed E-state index contributed by atoms with van der Waals surface area (Å²) < 4.78 is 0. The van der Waals surface area contributed by atoms with Crippen LogP contribution in [-0.2, 0) is 9.59 Å². The van der Waals surface area contributed by atoms with E-state index in [4.69, 9.17) is 5.73 Å². The summed E-state index contributed by atoms with van der Waals surface area (Å²) in [4.78, 5) is 37.5. The van der Waals surface area contributed by atoms with Gasteiger partial charge in [-0.15, -0.1) is 0 Å². The molecule has 0 aliphatic carbocycles. The highest BCUT2D eigenvalue weighted by Crippen LogP contribution is 2.20. The Balaban J connectivity index is 2.09. The molecule has 1 aromatic rings. The van der Waals surface area contributed by atoms with Crippen molar-refractivity contribution in [2.24, 2.45) is 5.73 Å². The molecule has 1 fully saturated rings. The van der Waals surface area contributed by atoms with E-state index in [0.717, 1.165) is 0 Å². The van der Waals surface area contributed by atoms with E-state index in [0.29, 0.717) is 44.3 Å². The number of hydrogen-bond donors (Lipinski definition) is 3. The molecule has 23 heavy (non-hydrogen) atoms. The second-order valence-corrected chi connectivity index (χ2v) is 6.28. The third-order valence-electron chi connectivity index (χ3n) is 3.90. The summed E-state index contributed by atoms with van der Waals surface area (Å²) in [7, 11) is 0. The minimum absolute atomic E-state index is 0.326. The van der Waals surface area contributed by atoms with E-state index in [1.807, 2.05) is 0 Å². The Morgan fingerprint density at radius 1 is 1.48 bits per heavy atom. The molecule has 1 aromatic heterocycles. The van der Waals surface area contributed by atoms with Crippen molar-refractivity contribution in [2.75, 3.05) is 13.1 Å². The van der Waals surface area contributed by atoms with Gasteiger partial charge < -0.3 is 21.1 Å². The summed E-state index contributed by atoms with van der Waals surface area (Å²) in [6.07, 6.45) is 2.08. The Morgan fingerprint density at radius 3 is 2.87 bits per heavy atom. The van der Waals surface area contributed by atoms with Gasteiger partial charge >= 0.3 is 5.97 Å². The number of aliphatic carboxylic acids is 1. The molecule has 126 valence electrons. The standard InChI is InChI=1S/C15H21N3O4S/c16-6-1-3-11(17-13(19)10-5-8-23-9-10)14(20)18-7-2-4-12(18)15(21)22/h5,8-9,11-12H,1-4,6-7,16H2,(H,17,19)(H,21,22)/t11-,12-/m0/s1. The van der Waals surface area contributed by atoms with Crippen LogP contribution in [0.4, 0.5) is 0 Å². The fraction of sp³-hybridized carbons (Fsp3) is 0.533. The predicted molar refractivity (Wildman–Crippen MR) is 86.2 cm³/mol. The molecule has 0 aromatic carbocycles. The lowest BCUT2D eigenvalue weighted by atomic mass is 10.1. The quantitative estimate of drug-likeness (QED) is 0.675. The molecular formula is C15H21N3O4S. The summed E-state index contributed by atoms with van der Waals surface area (Å²) in [5.74, 6) is -1.67. The highest BCUT2D eigenvalue weighted by atomic mass is 32.1. The maximum absolute atomic E-state index is 12.7. The fourth-order valence-corrected chi connectivity index (χ4v) is 3.34. The number of nitrogens with zero attached hydrogens (tertiary/aromatic N) is 1.